The van der Waals surface area contributed by atoms with Crippen LogP contribution in [0.15, 0.2) is 29.1 Å². The zero-order valence-corrected chi connectivity index (χ0v) is 14.4. The molecule has 0 saturated heterocycles. The minimum absolute atomic E-state index is 0.0427. The number of nitrogens with zero attached hydrogens (tertiary/aromatic N) is 2. The number of nitrogens with one attached hydrogen (secondary N) is 2. The molecule has 9 heteroatoms. The molecule has 0 aliphatic rings. The molecule has 130 valence electrons. The van der Waals surface area contributed by atoms with Gasteiger partial charge in [0.2, 0.25) is 15.9 Å². The zero-order chi connectivity index (χ0) is 17.7. The SMILES string of the molecule is CN(C)S(=O)(=O)CCNC(=O)CCc1nc2ccccc2c(=O)[nH]1. The van der Waals surface area contributed by atoms with Gasteiger partial charge in [0.25, 0.3) is 5.56 Å². The Morgan fingerprint density at radius 2 is 2.00 bits per heavy atom. The lowest BCUT2D eigenvalue weighted by molar-refractivity contribution is -0.120. The van der Waals surface area contributed by atoms with Crippen molar-refractivity contribution in [2.45, 2.75) is 12.8 Å². The van der Waals surface area contributed by atoms with E-state index in [1.807, 2.05) is 0 Å². The Kier molecular flexibility index (Phi) is 5.68. The van der Waals surface area contributed by atoms with Crippen molar-refractivity contribution in [3.63, 3.8) is 0 Å². The molecule has 0 aliphatic heterocycles. The fourth-order valence-electron chi connectivity index (χ4n) is 2.08. The third-order valence-corrected chi connectivity index (χ3v) is 5.32. The highest BCUT2D eigenvalue weighted by molar-refractivity contribution is 7.89. The highest BCUT2D eigenvalue weighted by Crippen LogP contribution is 2.06. The first-order valence-electron chi connectivity index (χ1n) is 7.44. The number of rotatable bonds is 7. The summed E-state index contributed by atoms with van der Waals surface area (Å²) in [6.07, 6.45) is 0.385. The van der Waals surface area contributed by atoms with Gasteiger partial charge in [-0.15, -0.1) is 0 Å². The van der Waals surface area contributed by atoms with Gasteiger partial charge in [0, 0.05) is 33.5 Å². The fraction of sp³-hybridized carbons (Fsp3) is 0.400. The van der Waals surface area contributed by atoms with Crippen LogP contribution in [0.1, 0.15) is 12.2 Å². The van der Waals surface area contributed by atoms with Gasteiger partial charge in [-0.1, -0.05) is 12.1 Å². The van der Waals surface area contributed by atoms with E-state index in [9.17, 15) is 18.0 Å². The highest BCUT2D eigenvalue weighted by atomic mass is 32.2. The number of H-pyrrole nitrogens is 1. The van der Waals surface area contributed by atoms with E-state index in [-0.39, 0.29) is 36.6 Å². The predicted molar refractivity (Wildman–Crippen MR) is 91.2 cm³/mol. The van der Waals surface area contributed by atoms with Crippen molar-refractivity contribution in [3.05, 3.63) is 40.4 Å². The molecule has 0 bridgehead atoms. The summed E-state index contributed by atoms with van der Waals surface area (Å²) < 4.78 is 24.3. The average Bonchev–Trinajstić information content (AvgIpc) is 2.52. The Hall–Kier alpha value is -2.26. The first-order valence-corrected chi connectivity index (χ1v) is 9.05. The number of benzene rings is 1. The van der Waals surface area contributed by atoms with Crippen LogP contribution in [0.4, 0.5) is 0 Å². The summed E-state index contributed by atoms with van der Waals surface area (Å²) in [6.45, 7) is 0.0427. The number of carbonyl (C=O) groups is 1. The summed E-state index contributed by atoms with van der Waals surface area (Å²) in [5, 5.41) is 3.05. The summed E-state index contributed by atoms with van der Waals surface area (Å²) in [5.41, 5.74) is 0.335. The molecule has 1 aromatic carbocycles. The Labute approximate surface area is 140 Å². The second kappa shape index (κ2) is 7.54. The van der Waals surface area contributed by atoms with Crippen LogP contribution in [-0.2, 0) is 21.2 Å². The number of sulfonamides is 1. The molecular weight excluding hydrogens is 332 g/mol. The maximum atomic E-state index is 11.9. The molecule has 0 radical (unpaired) electrons. The second-order valence-electron chi connectivity index (χ2n) is 5.48. The van der Waals surface area contributed by atoms with Crippen molar-refractivity contribution in [1.29, 1.82) is 0 Å². The normalized spacial score (nSPS) is 11.8. The number of hydrogen-bond acceptors (Lipinski definition) is 5. The van der Waals surface area contributed by atoms with E-state index in [0.29, 0.717) is 16.7 Å². The molecule has 1 aromatic heterocycles. The number of aryl methyl sites for hydroxylation is 1. The van der Waals surface area contributed by atoms with Crippen LogP contribution < -0.4 is 10.9 Å². The summed E-state index contributed by atoms with van der Waals surface area (Å²) in [7, 11) is -0.445. The van der Waals surface area contributed by atoms with Crippen LogP contribution >= 0.6 is 0 Å². The van der Waals surface area contributed by atoms with Gasteiger partial charge in [0.05, 0.1) is 16.7 Å². The number of aromatic nitrogens is 2. The van der Waals surface area contributed by atoms with Gasteiger partial charge in [-0.2, -0.15) is 0 Å². The summed E-state index contributed by atoms with van der Waals surface area (Å²) in [4.78, 5) is 30.7. The number of aromatic amines is 1. The molecule has 0 saturated carbocycles. The van der Waals surface area contributed by atoms with Crippen molar-refractivity contribution < 1.29 is 13.2 Å². The summed E-state index contributed by atoms with van der Waals surface area (Å²) in [6, 6.07) is 6.97. The minimum Gasteiger partial charge on any atom is -0.355 e. The highest BCUT2D eigenvalue weighted by Gasteiger charge is 2.13. The van der Waals surface area contributed by atoms with E-state index in [1.165, 1.54) is 14.1 Å². The summed E-state index contributed by atoms with van der Waals surface area (Å²) in [5.74, 6) is -0.0221. The van der Waals surface area contributed by atoms with E-state index in [2.05, 4.69) is 15.3 Å². The third-order valence-electron chi connectivity index (χ3n) is 3.49. The molecule has 0 atom stereocenters. The van der Waals surface area contributed by atoms with Gasteiger partial charge < -0.3 is 10.3 Å². The molecule has 2 N–H and O–H groups in total. The van der Waals surface area contributed by atoms with Gasteiger partial charge in [-0.3, -0.25) is 9.59 Å². The van der Waals surface area contributed by atoms with Gasteiger partial charge >= 0.3 is 0 Å². The molecule has 1 amide bonds. The third kappa shape index (κ3) is 4.62. The molecule has 1 heterocycles. The van der Waals surface area contributed by atoms with Crippen molar-refractivity contribution in [3.8, 4) is 0 Å². The first kappa shape index (κ1) is 18.1. The largest absolute Gasteiger partial charge is 0.355 e. The lowest BCUT2D eigenvalue weighted by atomic mass is 10.2. The zero-order valence-electron chi connectivity index (χ0n) is 13.6. The molecule has 2 rings (SSSR count). The lowest BCUT2D eigenvalue weighted by Gasteiger charge is -2.11. The topological polar surface area (TPSA) is 112 Å². The second-order valence-corrected chi connectivity index (χ2v) is 7.78. The lowest BCUT2D eigenvalue weighted by Crippen LogP contribution is -2.34. The smallest absolute Gasteiger partial charge is 0.258 e. The van der Waals surface area contributed by atoms with Gasteiger partial charge in [0.15, 0.2) is 0 Å². The van der Waals surface area contributed by atoms with Gasteiger partial charge in [-0.05, 0) is 12.1 Å². The molecule has 0 fully saturated rings. The average molecular weight is 352 g/mol. The fourth-order valence-corrected chi connectivity index (χ4v) is 2.80. The maximum Gasteiger partial charge on any atom is 0.258 e. The number of amides is 1. The Balaban J connectivity index is 1.89. The first-order chi connectivity index (χ1) is 11.3. The van der Waals surface area contributed by atoms with Crippen LogP contribution in [0.5, 0.6) is 0 Å². The molecular formula is C15H20N4O4S. The number of carbonyl (C=O) groups excluding carboxylic acids is 1. The van der Waals surface area contributed by atoms with Crippen molar-refractivity contribution in [2.24, 2.45) is 0 Å². The summed E-state index contributed by atoms with van der Waals surface area (Å²) >= 11 is 0. The molecule has 0 unspecified atom stereocenters. The van der Waals surface area contributed by atoms with E-state index >= 15 is 0 Å². The number of para-hydroxylation sites is 1. The van der Waals surface area contributed by atoms with Crippen molar-refractivity contribution in [1.82, 2.24) is 19.6 Å². The Bertz CT molecular complexity index is 890. The number of hydrogen-bond donors (Lipinski definition) is 2. The van der Waals surface area contributed by atoms with Crippen LogP contribution in [0.2, 0.25) is 0 Å². The van der Waals surface area contributed by atoms with Crippen LogP contribution in [0.3, 0.4) is 0 Å². The van der Waals surface area contributed by atoms with Gasteiger partial charge in [-0.25, -0.2) is 17.7 Å². The monoisotopic (exact) mass is 352 g/mol. The molecule has 8 nitrogen and oxygen atoms in total. The van der Waals surface area contributed by atoms with Crippen LogP contribution in [0.25, 0.3) is 10.9 Å². The van der Waals surface area contributed by atoms with Crippen LogP contribution in [-0.4, -0.2) is 55.0 Å². The Morgan fingerprint density at radius 3 is 2.71 bits per heavy atom. The predicted octanol–water partition coefficient (Wildman–Crippen LogP) is -0.137. The molecule has 2 aromatic rings. The number of fused-ring (bicyclic) bond motifs is 1. The van der Waals surface area contributed by atoms with E-state index in [0.717, 1.165) is 4.31 Å². The Morgan fingerprint density at radius 1 is 1.29 bits per heavy atom. The van der Waals surface area contributed by atoms with Crippen molar-refractivity contribution >= 4 is 26.8 Å². The van der Waals surface area contributed by atoms with E-state index in [1.54, 1.807) is 24.3 Å². The van der Waals surface area contributed by atoms with E-state index < -0.39 is 10.0 Å². The van der Waals surface area contributed by atoms with E-state index in [4.69, 9.17) is 0 Å². The van der Waals surface area contributed by atoms with Crippen molar-refractivity contribution in [2.75, 3.05) is 26.4 Å². The molecule has 0 aliphatic carbocycles. The minimum atomic E-state index is -3.33. The molecule has 0 spiro atoms. The van der Waals surface area contributed by atoms with Crippen LogP contribution in [0, 0.1) is 0 Å². The molecule has 24 heavy (non-hydrogen) atoms. The van der Waals surface area contributed by atoms with Gasteiger partial charge in [0.1, 0.15) is 5.82 Å². The quantitative estimate of drug-likeness (QED) is 0.720. The standard InChI is InChI=1S/C15H20N4O4S/c1-19(2)24(22,23)10-9-16-14(20)8-7-13-17-12-6-4-3-5-11(12)15(21)18-13/h3-6H,7-10H2,1-2H3,(H,16,20)(H,17,18,21). The maximum absolute atomic E-state index is 11.9.